The minimum absolute atomic E-state index is 0.267. The molecule has 0 N–H and O–H groups in total. The molecular weight excluding hydrogens is 124 g/mol. The molecule has 1 aliphatic carbocycles. The Morgan fingerprint density at radius 2 is 2.50 bits per heavy atom. The van der Waals surface area contributed by atoms with Crippen LogP contribution < -0.4 is 0 Å². The minimum atomic E-state index is 0.267. The lowest BCUT2D eigenvalue weighted by Gasteiger charge is -2.11. The Balaban J connectivity index is 2.23. The average Bonchev–Trinajstić information content (AvgIpc) is 2.03. The van der Waals surface area contributed by atoms with Gasteiger partial charge in [0.2, 0.25) is 0 Å². The molecule has 0 amide bonds. The molecule has 1 rings (SSSR count). The summed E-state index contributed by atoms with van der Waals surface area (Å²) in [6, 6.07) is 0. The van der Waals surface area contributed by atoms with E-state index in [9.17, 15) is 0 Å². The zero-order valence-electron chi connectivity index (χ0n) is 5.99. The molecule has 1 aliphatic rings. The van der Waals surface area contributed by atoms with Crippen LogP contribution >= 0.6 is 0 Å². The molecule has 0 bridgehead atoms. The summed E-state index contributed by atoms with van der Waals surface area (Å²) in [5.74, 6) is 0. The smallest absolute Gasteiger partial charge is 0.0797 e. The van der Waals surface area contributed by atoms with Crippen molar-refractivity contribution in [3.63, 3.8) is 0 Å². The van der Waals surface area contributed by atoms with Crippen molar-refractivity contribution in [2.24, 2.45) is 0 Å². The van der Waals surface area contributed by atoms with Crippen molar-refractivity contribution in [2.75, 3.05) is 6.61 Å². The van der Waals surface area contributed by atoms with Crippen molar-refractivity contribution in [2.45, 2.75) is 12.5 Å². The molecule has 1 unspecified atom stereocenters. The number of hydrogen-bond donors (Lipinski definition) is 0. The van der Waals surface area contributed by atoms with E-state index in [-0.39, 0.29) is 6.10 Å². The van der Waals surface area contributed by atoms with E-state index in [0.717, 1.165) is 6.42 Å². The Hall–Kier alpha value is -0.820. The van der Waals surface area contributed by atoms with Crippen LogP contribution in [-0.2, 0) is 4.74 Å². The third-order valence-corrected chi connectivity index (χ3v) is 1.37. The van der Waals surface area contributed by atoms with Crippen LogP contribution in [-0.4, -0.2) is 12.7 Å². The van der Waals surface area contributed by atoms with E-state index >= 15 is 0 Å². The summed E-state index contributed by atoms with van der Waals surface area (Å²) >= 11 is 0. The average molecular weight is 136 g/mol. The van der Waals surface area contributed by atoms with Crippen LogP contribution in [0.25, 0.3) is 0 Å². The molecule has 1 nitrogen and oxygen atoms in total. The van der Waals surface area contributed by atoms with Gasteiger partial charge in [0.25, 0.3) is 0 Å². The van der Waals surface area contributed by atoms with E-state index in [0.29, 0.717) is 6.61 Å². The lowest BCUT2D eigenvalue weighted by Crippen LogP contribution is -2.09. The van der Waals surface area contributed by atoms with Gasteiger partial charge in [-0.3, -0.25) is 0 Å². The van der Waals surface area contributed by atoms with Crippen LogP contribution in [0.2, 0.25) is 0 Å². The molecule has 0 radical (unpaired) electrons. The normalized spacial score (nSPS) is 23.0. The van der Waals surface area contributed by atoms with Crippen LogP contribution in [0.4, 0.5) is 0 Å². The summed E-state index contributed by atoms with van der Waals surface area (Å²) in [6.45, 7) is 4.22. The van der Waals surface area contributed by atoms with E-state index in [1.807, 2.05) is 12.2 Å². The predicted molar refractivity (Wildman–Crippen MR) is 42.8 cm³/mol. The fourth-order valence-corrected chi connectivity index (χ4v) is 0.873. The maximum atomic E-state index is 5.38. The number of rotatable bonds is 3. The van der Waals surface area contributed by atoms with Gasteiger partial charge in [0, 0.05) is 0 Å². The van der Waals surface area contributed by atoms with Gasteiger partial charge in [-0.05, 0) is 6.42 Å². The van der Waals surface area contributed by atoms with E-state index in [4.69, 9.17) is 4.74 Å². The van der Waals surface area contributed by atoms with Gasteiger partial charge in [0.05, 0.1) is 12.7 Å². The Labute approximate surface area is 61.7 Å². The van der Waals surface area contributed by atoms with E-state index < -0.39 is 0 Å². The standard InChI is InChI=1S/C9H12O/c1-2-8-10-9-6-4-3-5-7-9/h2-6,9H,1,7-8H2. The fraction of sp³-hybridized carbons (Fsp3) is 0.333. The van der Waals surface area contributed by atoms with E-state index in [2.05, 4.69) is 18.7 Å². The van der Waals surface area contributed by atoms with Crippen molar-refractivity contribution in [1.82, 2.24) is 0 Å². The SMILES string of the molecule is C=CCOC1C=CC=CC1. The summed E-state index contributed by atoms with van der Waals surface area (Å²) in [5.41, 5.74) is 0. The first-order valence-electron chi connectivity index (χ1n) is 3.49. The van der Waals surface area contributed by atoms with Crippen LogP contribution in [0.5, 0.6) is 0 Å². The van der Waals surface area contributed by atoms with Gasteiger partial charge in [0.1, 0.15) is 0 Å². The molecule has 0 spiro atoms. The van der Waals surface area contributed by atoms with Crippen LogP contribution in [0.3, 0.4) is 0 Å². The highest BCUT2D eigenvalue weighted by Crippen LogP contribution is 2.06. The van der Waals surface area contributed by atoms with Crippen LogP contribution in [0, 0.1) is 0 Å². The zero-order chi connectivity index (χ0) is 7.23. The Morgan fingerprint density at radius 1 is 1.60 bits per heavy atom. The molecule has 0 heterocycles. The number of allylic oxidation sites excluding steroid dienone is 2. The molecule has 0 fully saturated rings. The largest absolute Gasteiger partial charge is 0.370 e. The van der Waals surface area contributed by atoms with Crippen molar-refractivity contribution in [3.05, 3.63) is 37.0 Å². The maximum absolute atomic E-state index is 5.38. The highest BCUT2D eigenvalue weighted by atomic mass is 16.5. The van der Waals surface area contributed by atoms with Crippen molar-refractivity contribution < 1.29 is 4.74 Å². The molecule has 0 aromatic carbocycles. The zero-order valence-corrected chi connectivity index (χ0v) is 5.99. The van der Waals surface area contributed by atoms with Gasteiger partial charge in [0.15, 0.2) is 0 Å². The van der Waals surface area contributed by atoms with Gasteiger partial charge in [-0.1, -0.05) is 30.4 Å². The summed E-state index contributed by atoms with van der Waals surface area (Å²) in [5, 5.41) is 0. The third-order valence-electron chi connectivity index (χ3n) is 1.37. The van der Waals surface area contributed by atoms with Crippen LogP contribution in [0.1, 0.15) is 6.42 Å². The van der Waals surface area contributed by atoms with Gasteiger partial charge < -0.3 is 4.74 Å². The molecule has 0 aromatic rings. The Kier molecular flexibility index (Phi) is 2.97. The minimum Gasteiger partial charge on any atom is -0.370 e. The summed E-state index contributed by atoms with van der Waals surface area (Å²) in [7, 11) is 0. The molecule has 0 saturated carbocycles. The lowest BCUT2D eigenvalue weighted by atomic mass is 10.1. The number of ether oxygens (including phenoxy) is 1. The monoisotopic (exact) mass is 136 g/mol. The van der Waals surface area contributed by atoms with Gasteiger partial charge >= 0.3 is 0 Å². The topological polar surface area (TPSA) is 9.23 Å². The van der Waals surface area contributed by atoms with Crippen molar-refractivity contribution in [1.29, 1.82) is 0 Å². The molecule has 1 atom stereocenters. The molecule has 10 heavy (non-hydrogen) atoms. The second-order valence-electron chi connectivity index (χ2n) is 2.21. The fourth-order valence-electron chi connectivity index (χ4n) is 0.873. The van der Waals surface area contributed by atoms with Crippen molar-refractivity contribution in [3.8, 4) is 0 Å². The van der Waals surface area contributed by atoms with Gasteiger partial charge in [-0.25, -0.2) is 0 Å². The summed E-state index contributed by atoms with van der Waals surface area (Å²) in [4.78, 5) is 0. The van der Waals surface area contributed by atoms with Crippen LogP contribution in [0.15, 0.2) is 37.0 Å². The molecular formula is C9H12O. The number of hydrogen-bond acceptors (Lipinski definition) is 1. The van der Waals surface area contributed by atoms with Gasteiger partial charge in [-0.15, -0.1) is 6.58 Å². The van der Waals surface area contributed by atoms with Crippen molar-refractivity contribution >= 4 is 0 Å². The van der Waals surface area contributed by atoms with E-state index in [1.165, 1.54) is 0 Å². The maximum Gasteiger partial charge on any atom is 0.0797 e. The first kappa shape index (κ1) is 7.29. The first-order valence-corrected chi connectivity index (χ1v) is 3.49. The molecule has 0 aromatic heterocycles. The first-order chi connectivity index (χ1) is 4.93. The second kappa shape index (κ2) is 4.07. The molecule has 0 aliphatic heterocycles. The summed E-state index contributed by atoms with van der Waals surface area (Å²) in [6.07, 6.45) is 11.2. The molecule has 1 heteroatoms. The Morgan fingerprint density at radius 3 is 3.10 bits per heavy atom. The molecule has 54 valence electrons. The molecule has 0 saturated heterocycles. The summed E-state index contributed by atoms with van der Waals surface area (Å²) < 4.78 is 5.38. The highest BCUT2D eigenvalue weighted by molar-refractivity contribution is 5.11. The van der Waals surface area contributed by atoms with E-state index in [1.54, 1.807) is 6.08 Å². The quantitative estimate of drug-likeness (QED) is 0.540. The third kappa shape index (κ3) is 2.19. The second-order valence-corrected chi connectivity index (χ2v) is 2.21. The lowest BCUT2D eigenvalue weighted by molar-refractivity contribution is 0.111. The highest BCUT2D eigenvalue weighted by Gasteiger charge is 2.02. The Bertz CT molecular complexity index is 156. The predicted octanol–water partition coefficient (Wildman–Crippen LogP) is 2.07. The van der Waals surface area contributed by atoms with Gasteiger partial charge in [-0.2, -0.15) is 0 Å².